The van der Waals surface area contributed by atoms with Gasteiger partial charge in [-0.05, 0) is 30.3 Å². The second-order valence-electron chi connectivity index (χ2n) is 6.21. The van der Waals surface area contributed by atoms with Gasteiger partial charge >= 0.3 is 0 Å². The number of ether oxygens (including phenoxy) is 2. The Morgan fingerprint density at radius 3 is 2.82 bits per heavy atom. The zero-order chi connectivity index (χ0) is 18.9. The van der Waals surface area contributed by atoms with Gasteiger partial charge in [0.15, 0.2) is 17.3 Å². The zero-order valence-electron chi connectivity index (χ0n) is 14.7. The second kappa shape index (κ2) is 7.08. The minimum absolute atomic E-state index is 0.438. The average Bonchev–Trinajstić information content (AvgIpc) is 2.73. The van der Waals surface area contributed by atoms with Crippen LogP contribution in [0.4, 0.5) is 23.1 Å². The van der Waals surface area contributed by atoms with Gasteiger partial charge in [-0.15, -0.1) is 0 Å². The lowest BCUT2D eigenvalue weighted by atomic mass is 10.2. The van der Waals surface area contributed by atoms with Crippen molar-refractivity contribution in [3.63, 3.8) is 0 Å². The smallest absolute Gasteiger partial charge is 0.229 e. The lowest BCUT2D eigenvalue weighted by Gasteiger charge is -2.25. The molecule has 1 aromatic heterocycles. The number of benzene rings is 2. The van der Waals surface area contributed by atoms with Gasteiger partial charge in [0, 0.05) is 28.0 Å². The molecular weight excluding hydrogens is 424 g/mol. The predicted octanol–water partition coefficient (Wildman–Crippen LogP) is 4.77. The first-order valence-corrected chi connectivity index (χ1v) is 9.51. The second-order valence-corrected chi connectivity index (χ2v) is 7.12. The molecule has 0 atom stereocenters. The third-order valence-electron chi connectivity index (χ3n) is 4.29. The van der Waals surface area contributed by atoms with E-state index in [9.17, 15) is 0 Å². The Balaban J connectivity index is 1.49. The number of hydrogen-bond donors (Lipinski definition) is 1. The fourth-order valence-electron chi connectivity index (χ4n) is 3.00. The van der Waals surface area contributed by atoms with E-state index in [-0.39, 0.29) is 0 Å². The molecule has 140 valence electrons. The van der Waals surface area contributed by atoms with E-state index in [0.717, 1.165) is 27.2 Å². The minimum Gasteiger partial charge on any atom is -0.486 e. The lowest BCUT2D eigenvalue weighted by molar-refractivity contribution is 0.171. The highest BCUT2D eigenvalue weighted by Crippen LogP contribution is 2.38. The molecule has 28 heavy (non-hydrogen) atoms. The van der Waals surface area contributed by atoms with Crippen LogP contribution in [0.15, 0.2) is 63.5 Å². The largest absolute Gasteiger partial charge is 0.486 e. The molecule has 0 amide bonds. The van der Waals surface area contributed by atoms with E-state index in [4.69, 9.17) is 9.47 Å². The molecule has 0 radical (unpaired) electrons. The van der Waals surface area contributed by atoms with Crippen molar-refractivity contribution >= 4 is 39.1 Å². The fourth-order valence-corrected chi connectivity index (χ4v) is 3.40. The molecule has 0 aliphatic carbocycles. The van der Waals surface area contributed by atoms with Crippen molar-refractivity contribution < 1.29 is 9.47 Å². The minimum atomic E-state index is 0.438. The van der Waals surface area contributed by atoms with Crippen molar-refractivity contribution in [3.05, 3.63) is 58.7 Å². The molecule has 1 N–H and O–H groups in total. The van der Waals surface area contributed by atoms with Crippen molar-refractivity contribution in [1.82, 2.24) is 9.97 Å². The number of hydrogen-bond acceptors (Lipinski definition) is 8. The Labute approximate surface area is 169 Å². The summed E-state index contributed by atoms with van der Waals surface area (Å²) < 4.78 is 12.3. The van der Waals surface area contributed by atoms with E-state index in [2.05, 4.69) is 41.6 Å². The van der Waals surface area contributed by atoms with Gasteiger partial charge in [-0.25, -0.2) is 4.98 Å². The molecule has 0 unspecified atom stereocenters. The van der Waals surface area contributed by atoms with E-state index < -0.39 is 0 Å². The number of nitrogens with one attached hydrogen (secondary N) is 1. The number of aromatic nitrogens is 2. The zero-order valence-corrected chi connectivity index (χ0v) is 16.3. The van der Waals surface area contributed by atoms with Crippen molar-refractivity contribution in [2.45, 2.75) is 6.54 Å². The third kappa shape index (κ3) is 3.24. The fraction of sp³-hybridized carbons (Fsp3) is 0.158. The van der Waals surface area contributed by atoms with Crippen LogP contribution in [0.25, 0.3) is 0 Å². The molecule has 3 heterocycles. The highest BCUT2D eigenvalue weighted by atomic mass is 79.9. The Kier molecular flexibility index (Phi) is 4.28. The summed E-state index contributed by atoms with van der Waals surface area (Å²) in [6, 6.07) is 13.5. The van der Waals surface area contributed by atoms with Crippen LogP contribution < -0.4 is 19.8 Å². The summed E-state index contributed by atoms with van der Waals surface area (Å²) in [7, 11) is 0. The topological polar surface area (TPSA) is 84.2 Å². The summed E-state index contributed by atoms with van der Waals surface area (Å²) >= 11 is 3.47. The first-order valence-electron chi connectivity index (χ1n) is 8.72. The molecule has 0 saturated carbocycles. The van der Waals surface area contributed by atoms with Gasteiger partial charge in [0.2, 0.25) is 5.95 Å². The molecule has 9 heteroatoms. The number of rotatable bonds is 3. The van der Waals surface area contributed by atoms with Crippen molar-refractivity contribution in [2.75, 3.05) is 23.5 Å². The molecule has 5 rings (SSSR count). The molecule has 0 bridgehead atoms. The summed E-state index contributed by atoms with van der Waals surface area (Å²) in [4.78, 5) is 9.08. The van der Waals surface area contributed by atoms with Gasteiger partial charge in [0.05, 0.1) is 12.2 Å². The molecule has 2 aliphatic rings. The first-order chi connectivity index (χ1) is 13.8. The van der Waals surface area contributed by atoms with Crippen LogP contribution in [-0.2, 0) is 6.54 Å². The molecule has 0 spiro atoms. The summed E-state index contributed by atoms with van der Waals surface area (Å²) in [5.74, 6) is 2.58. The van der Waals surface area contributed by atoms with Gasteiger partial charge < -0.3 is 14.8 Å². The van der Waals surface area contributed by atoms with Crippen molar-refractivity contribution in [2.24, 2.45) is 10.3 Å². The predicted molar refractivity (Wildman–Crippen MR) is 108 cm³/mol. The van der Waals surface area contributed by atoms with Gasteiger partial charge in [0.1, 0.15) is 13.2 Å². The van der Waals surface area contributed by atoms with E-state index >= 15 is 0 Å². The summed E-state index contributed by atoms with van der Waals surface area (Å²) in [6.07, 6.45) is 1.77. The Morgan fingerprint density at radius 1 is 1.04 bits per heavy atom. The van der Waals surface area contributed by atoms with Crippen LogP contribution in [0.1, 0.15) is 5.56 Å². The maximum absolute atomic E-state index is 5.68. The van der Waals surface area contributed by atoms with Gasteiger partial charge in [-0.3, -0.25) is 0 Å². The Hall–Kier alpha value is -3.20. The molecule has 2 aliphatic heterocycles. The van der Waals surface area contributed by atoms with Gasteiger partial charge in [-0.2, -0.15) is 15.1 Å². The van der Waals surface area contributed by atoms with Crippen LogP contribution in [0.5, 0.6) is 11.5 Å². The number of nitrogens with zero attached hydrogens (tertiary/aromatic N) is 5. The van der Waals surface area contributed by atoms with Crippen LogP contribution in [0.2, 0.25) is 0 Å². The lowest BCUT2D eigenvalue weighted by Crippen LogP contribution is -2.18. The van der Waals surface area contributed by atoms with Crippen LogP contribution in [-0.4, -0.2) is 23.2 Å². The number of fused-ring (bicyclic) bond motifs is 2. The summed E-state index contributed by atoms with van der Waals surface area (Å²) in [6.45, 7) is 1.52. The maximum Gasteiger partial charge on any atom is 0.229 e. The quantitative estimate of drug-likeness (QED) is 0.633. The van der Waals surface area contributed by atoms with E-state index in [1.54, 1.807) is 11.2 Å². The summed E-state index contributed by atoms with van der Waals surface area (Å²) in [5, 5.41) is 13.4. The monoisotopic (exact) mass is 438 g/mol. The SMILES string of the molecule is Brc1cccc(Nc2ncc3c(n2)N(c2ccc4c(c2)OCCO4)N=NC3)c1. The molecule has 3 aromatic rings. The highest BCUT2D eigenvalue weighted by Gasteiger charge is 2.22. The third-order valence-corrected chi connectivity index (χ3v) is 4.78. The molecule has 8 nitrogen and oxygen atoms in total. The Morgan fingerprint density at radius 2 is 1.93 bits per heavy atom. The molecule has 0 saturated heterocycles. The number of anilines is 4. The summed E-state index contributed by atoms with van der Waals surface area (Å²) in [5.41, 5.74) is 2.57. The van der Waals surface area contributed by atoms with Gasteiger partial charge in [-0.1, -0.05) is 27.2 Å². The first kappa shape index (κ1) is 16.9. The van der Waals surface area contributed by atoms with E-state index in [1.165, 1.54) is 0 Å². The number of halogens is 1. The van der Waals surface area contributed by atoms with Gasteiger partial charge in [0.25, 0.3) is 0 Å². The van der Waals surface area contributed by atoms with Crippen molar-refractivity contribution in [3.8, 4) is 11.5 Å². The molecule has 2 aromatic carbocycles. The molecule has 0 fully saturated rings. The highest BCUT2D eigenvalue weighted by molar-refractivity contribution is 9.10. The van der Waals surface area contributed by atoms with Crippen molar-refractivity contribution in [1.29, 1.82) is 0 Å². The maximum atomic E-state index is 5.68. The van der Waals surface area contributed by atoms with E-state index in [0.29, 0.717) is 37.3 Å². The van der Waals surface area contributed by atoms with Crippen LogP contribution >= 0.6 is 15.9 Å². The standard InChI is InChI=1S/C19H15BrN6O2/c20-13-2-1-3-14(8-13)23-19-21-10-12-11-22-25-26(18(12)24-19)15-4-5-16-17(9-15)28-7-6-27-16/h1-5,8-10H,6-7,11H2,(H,21,23,24). The molecular formula is C19H15BrN6O2. The Bertz CT molecular complexity index is 1070. The van der Waals surface area contributed by atoms with E-state index in [1.807, 2.05) is 42.5 Å². The normalized spacial score (nSPS) is 14.5. The van der Waals surface area contributed by atoms with Crippen LogP contribution in [0, 0.1) is 0 Å². The average molecular weight is 439 g/mol. The van der Waals surface area contributed by atoms with Crippen LogP contribution in [0.3, 0.4) is 0 Å².